The van der Waals surface area contributed by atoms with Crippen molar-refractivity contribution in [3.63, 3.8) is 0 Å². The number of amides is 2. The van der Waals surface area contributed by atoms with E-state index in [-0.39, 0.29) is 24.3 Å². The van der Waals surface area contributed by atoms with E-state index in [0.29, 0.717) is 24.3 Å². The molecule has 1 atom stereocenters. The van der Waals surface area contributed by atoms with E-state index in [2.05, 4.69) is 15.6 Å². The van der Waals surface area contributed by atoms with Crippen molar-refractivity contribution in [2.24, 2.45) is 5.92 Å². The molecule has 0 spiro atoms. The number of pyridine rings is 1. The Morgan fingerprint density at radius 1 is 1.18 bits per heavy atom. The molecule has 0 aliphatic carbocycles. The standard InChI is InChI=1S/C21H24N4O3/c1-15(2)13-19(21(27)24-12-10-22)25-20(26)16-6-8-18(9-7-16)28-14-17-5-3-4-11-23-17/h3-9,11,15,19H,12-14H2,1-2H3,(H,24,27)(H,25,26). The van der Waals surface area contributed by atoms with Crippen molar-refractivity contribution in [2.75, 3.05) is 6.54 Å². The Balaban J connectivity index is 1.96. The first kappa shape index (κ1) is 20.9. The lowest BCUT2D eigenvalue weighted by molar-refractivity contribution is -0.123. The largest absolute Gasteiger partial charge is 0.487 e. The SMILES string of the molecule is CC(C)CC(NC(=O)c1ccc(OCc2ccccn2)cc1)C(=O)NCC#N. The van der Waals surface area contributed by atoms with Gasteiger partial charge in [-0.3, -0.25) is 14.6 Å². The third kappa shape index (κ3) is 6.72. The van der Waals surface area contributed by atoms with Crippen LogP contribution in [0.2, 0.25) is 0 Å². The molecule has 1 aromatic carbocycles. The topological polar surface area (TPSA) is 104 Å². The van der Waals surface area contributed by atoms with Crippen LogP contribution in [0.4, 0.5) is 0 Å². The summed E-state index contributed by atoms with van der Waals surface area (Å²) in [5.41, 5.74) is 1.23. The second-order valence-corrected chi connectivity index (χ2v) is 6.67. The fourth-order valence-corrected chi connectivity index (χ4v) is 2.54. The van der Waals surface area contributed by atoms with Gasteiger partial charge in [0, 0.05) is 11.8 Å². The smallest absolute Gasteiger partial charge is 0.251 e. The molecule has 7 nitrogen and oxygen atoms in total. The fourth-order valence-electron chi connectivity index (χ4n) is 2.54. The molecule has 0 aliphatic rings. The molecule has 1 unspecified atom stereocenters. The van der Waals surface area contributed by atoms with Crippen LogP contribution in [0.1, 0.15) is 36.3 Å². The number of rotatable bonds is 9. The van der Waals surface area contributed by atoms with Gasteiger partial charge >= 0.3 is 0 Å². The van der Waals surface area contributed by atoms with Crippen LogP contribution >= 0.6 is 0 Å². The van der Waals surface area contributed by atoms with Crippen LogP contribution in [0.15, 0.2) is 48.7 Å². The molecule has 2 rings (SSSR count). The van der Waals surface area contributed by atoms with Crippen LogP contribution in [0.5, 0.6) is 5.75 Å². The number of ether oxygens (including phenoxy) is 1. The van der Waals surface area contributed by atoms with Crippen LogP contribution in [0.3, 0.4) is 0 Å². The van der Waals surface area contributed by atoms with E-state index in [1.54, 1.807) is 30.5 Å². The summed E-state index contributed by atoms with van der Waals surface area (Å²) in [6, 6.07) is 13.4. The summed E-state index contributed by atoms with van der Waals surface area (Å²) < 4.78 is 5.65. The number of hydrogen-bond acceptors (Lipinski definition) is 5. The Hall–Kier alpha value is -3.40. The van der Waals surface area contributed by atoms with E-state index in [1.807, 2.05) is 38.1 Å². The number of benzene rings is 1. The van der Waals surface area contributed by atoms with Gasteiger partial charge in [-0.1, -0.05) is 19.9 Å². The van der Waals surface area contributed by atoms with Crippen molar-refractivity contribution in [2.45, 2.75) is 32.9 Å². The minimum atomic E-state index is -0.694. The minimum Gasteiger partial charge on any atom is -0.487 e. The zero-order valence-corrected chi connectivity index (χ0v) is 16.0. The van der Waals surface area contributed by atoms with Crippen LogP contribution in [-0.2, 0) is 11.4 Å². The summed E-state index contributed by atoms with van der Waals surface area (Å²) in [7, 11) is 0. The number of hydrogen-bond donors (Lipinski definition) is 2. The van der Waals surface area contributed by atoms with E-state index >= 15 is 0 Å². The molecular weight excluding hydrogens is 356 g/mol. The van der Waals surface area contributed by atoms with Gasteiger partial charge in [0.15, 0.2) is 0 Å². The van der Waals surface area contributed by atoms with Crippen LogP contribution < -0.4 is 15.4 Å². The molecule has 0 saturated carbocycles. The molecule has 2 aromatic rings. The van der Waals surface area contributed by atoms with E-state index in [0.717, 1.165) is 5.69 Å². The highest BCUT2D eigenvalue weighted by Gasteiger charge is 2.22. The summed E-state index contributed by atoms with van der Waals surface area (Å²) in [5.74, 6) is 0.112. The summed E-state index contributed by atoms with van der Waals surface area (Å²) in [6.45, 7) is 4.17. The average Bonchev–Trinajstić information content (AvgIpc) is 2.70. The Bertz CT molecular complexity index is 814. The maximum absolute atomic E-state index is 12.5. The van der Waals surface area contributed by atoms with Crippen molar-refractivity contribution in [1.29, 1.82) is 5.26 Å². The molecule has 0 aliphatic heterocycles. The van der Waals surface area contributed by atoms with Gasteiger partial charge < -0.3 is 15.4 Å². The third-order valence-electron chi connectivity index (χ3n) is 3.90. The molecule has 0 fully saturated rings. The lowest BCUT2D eigenvalue weighted by Crippen LogP contribution is -2.47. The predicted octanol–water partition coefficient (Wildman–Crippen LogP) is 2.44. The molecule has 146 valence electrons. The second-order valence-electron chi connectivity index (χ2n) is 6.67. The summed E-state index contributed by atoms with van der Waals surface area (Å²) in [5, 5.41) is 13.8. The zero-order chi connectivity index (χ0) is 20.4. The minimum absolute atomic E-state index is 0.0917. The first-order valence-electron chi connectivity index (χ1n) is 9.08. The Morgan fingerprint density at radius 3 is 2.54 bits per heavy atom. The van der Waals surface area contributed by atoms with Gasteiger partial charge in [-0.05, 0) is 48.7 Å². The van der Waals surface area contributed by atoms with Crippen molar-refractivity contribution in [3.05, 3.63) is 59.9 Å². The van der Waals surface area contributed by atoms with Gasteiger partial charge in [0.2, 0.25) is 5.91 Å². The summed E-state index contributed by atoms with van der Waals surface area (Å²) in [6.07, 6.45) is 2.18. The summed E-state index contributed by atoms with van der Waals surface area (Å²) >= 11 is 0. The Kier molecular flexibility index (Phi) is 7.97. The Labute approximate surface area is 164 Å². The predicted molar refractivity (Wildman–Crippen MR) is 104 cm³/mol. The first-order chi connectivity index (χ1) is 13.5. The normalized spacial score (nSPS) is 11.4. The van der Waals surface area contributed by atoms with Crippen molar-refractivity contribution in [1.82, 2.24) is 15.6 Å². The van der Waals surface area contributed by atoms with Gasteiger partial charge in [0.25, 0.3) is 5.91 Å². The molecule has 1 heterocycles. The average molecular weight is 380 g/mol. The maximum Gasteiger partial charge on any atom is 0.251 e. The molecular formula is C21H24N4O3. The number of carbonyl (C=O) groups is 2. The van der Waals surface area contributed by atoms with Crippen molar-refractivity contribution in [3.8, 4) is 11.8 Å². The van der Waals surface area contributed by atoms with E-state index in [4.69, 9.17) is 10.00 Å². The molecule has 28 heavy (non-hydrogen) atoms. The monoisotopic (exact) mass is 380 g/mol. The van der Waals surface area contributed by atoms with Crippen LogP contribution in [0.25, 0.3) is 0 Å². The van der Waals surface area contributed by atoms with Gasteiger partial charge in [-0.25, -0.2) is 0 Å². The highest BCUT2D eigenvalue weighted by atomic mass is 16.5. The zero-order valence-electron chi connectivity index (χ0n) is 16.0. The second kappa shape index (κ2) is 10.7. The van der Waals surface area contributed by atoms with Crippen LogP contribution in [0, 0.1) is 17.2 Å². The van der Waals surface area contributed by atoms with Crippen LogP contribution in [-0.4, -0.2) is 29.4 Å². The Morgan fingerprint density at radius 2 is 1.93 bits per heavy atom. The third-order valence-corrected chi connectivity index (χ3v) is 3.90. The molecule has 2 amide bonds. The highest BCUT2D eigenvalue weighted by molar-refractivity contribution is 5.97. The molecule has 0 radical (unpaired) electrons. The number of nitrogens with one attached hydrogen (secondary N) is 2. The quantitative estimate of drug-likeness (QED) is 0.650. The van der Waals surface area contributed by atoms with Gasteiger partial charge in [-0.2, -0.15) is 5.26 Å². The van der Waals surface area contributed by atoms with Gasteiger partial charge in [-0.15, -0.1) is 0 Å². The molecule has 1 aromatic heterocycles. The fraction of sp³-hybridized carbons (Fsp3) is 0.333. The lowest BCUT2D eigenvalue weighted by Gasteiger charge is -2.19. The molecule has 0 saturated heterocycles. The number of nitrogens with zero attached hydrogens (tertiary/aromatic N) is 2. The van der Waals surface area contributed by atoms with Gasteiger partial charge in [0.1, 0.15) is 24.9 Å². The number of nitriles is 1. The highest BCUT2D eigenvalue weighted by Crippen LogP contribution is 2.14. The van der Waals surface area contributed by atoms with E-state index in [1.165, 1.54) is 0 Å². The lowest BCUT2D eigenvalue weighted by atomic mass is 10.0. The molecule has 2 N–H and O–H groups in total. The summed E-state index contributed by atoms with van der Waals surface area (Å²) in [4.78, 5) is 28.9. The van der Waals surface area contributed by atoms with E-state index < -0.39 is 6.04 Å². The maximum atomic E-state index is 12.5. The van der Waals surface area contributed by atoms with E-state index in [9.17, 15) is 9.59 Å². The first-order valence-corrected chi connectivity index (χ1v) is 9.08. The van der Waals surface area contributed by atoms with Gasteiger partial charge in [0.05, 0.1) is 11.8 Å². The number of carbonyl (C=O) groups excluding carboxylic acids is 2. The van der Waals surface area contributed by atoms with Crippen molar-refractivity contribution < 1.29 is 14.3 Å². The molecule has 7 heteroatoms. The number of aromatic nitrogens is 1. The van der Waals surface area contributed by atoms with Crippen molar-refractivity contribution >= 4 is 11.8 Å². The molecule has 0 bridgehead atoms.